The van der Waals surface area contributed by atoms with Gasteiger partial charge in [0.2, 0.25) is 5.91 Å². The molecule has 1 amide bonds. The van der Waals surface area contributed by atoms with Crippen LogP contribution in [0.25, 0.3) is 0 Å². The van der Waals surface area contributed by atoms with Gasteiger partial charge in [0.1, 0.15) is 5.54 Å². The van der Waals surface area contributed by atoms with E-state index in [4.69, 9.17) is 10.5 Å². The number of amides is 1. The minimum Gasteiger partial charge on any atom is -0.377 e. The van der Waals surface area contributed by atoms with Crippen molar-refractivity contribution >= 4 is 5.91 Å². The number of carbonyl (C=O) groups is 1. The summed E-state index contributed by atoms with van der Waals surface area (Å²) in [7, 11) is 0. The second-order valence-corrected chi connectivity index (χ2v) is 8.85. The van der Waals surface area contributed by atoms with Crippen LogP contribution in [0.5, 0.6) is 0 Å². The number of likely N-dealkylation sites (tertiary alicyclic amines) is 1. The molecule has 3 fully saturated rings. The highest BCUT2D eigenvalue weighted by Gasteiger charge is 2.70. The van der Waals surface area contributed by atoms with Crippen molar-refractivity contribution in [1.82, 2.24) is 9.80 Å². The van der Waals surface area contributed by atoms with Gasteiger partial charge in [0.25, 0.3) is 0 Å². The molecule has 0 spiro atoms. The van der Waals surface area contributed by atoms with Gasteiger partial charge in [-0.25, -0.2) is 0 Å². The van der Waals surface area contributed by atoms with Gasteiger partial charge in [-0.05, 0) is 44.7 Å². The molecule has 3 rings (SSSR count). The largest absolute Gasteiger partial charge is 0.377 e. The molecule has 1 saturated carbocycles. The van der Waals surface area contributed by atoms with E-state index in [0.717, 1.165) is 65.0 Å². The van der Waals surface area contributed by atoms with Crippen LogP contribution >= 0.6 is 0 Å². The van der Waals surface area contributed by atoms with E-state index in [0.29, 0.717) is 5.92 Å². The van der Waals surface area contributed by atoms with E-state index in [1.807, 2.05) is 4.90 Å². The quantitative estimate of drug-likeness (QED) is 0.824. The van der Waals surface area contributed by atoms with Gasteiger partial charge in [-0.15, -0.1) is 0 Å². The monoisotopic (exact) mass is 351 g/mol. The molecule has 1 aliphatic carbocycles. The number of hydrogen-bond donors (Lipinski definition) is 1. The number of hydrogen-bond acceptors (Lipinski definition) is 4. The van der Waals surface area contributed by atoms with Gasteiger partial charge in [0, 0.05) is 37.6 Å². The topological polar surface area (TPSA) is 58.8 Å². The van der Waals surface area contributed by atoms with Crippen LogP contribution in [-0.2, 0) is 9.53 Å². The van der Waals surface area contributed by atoms with Gasteiger partial charge in [-0.3, -0.25) is 4.79 Å². The number of rotatable bonds is 5. The minimum atomic E-state index is -0.746. The summed E-state index contributed by atoms with van der Waals surface area (Å²) in [6, 6.07) is 0. The lowest BCUT2D eigenvalue weighted by molar-refractivity contribution is -0.230. The summed E-state index contributed by atoms with van der Waals surface area (Å²) in [6.07, 6.45) is 4.40. The van der Waals surface area contributed by atoms with Crippen molar-refractivity contribution in [2.45, 2.75) is 65.0 Å². The van der Waals surface area contributed by atoms with Crippen LogP contribution in [0.15, 0.2) is 0 Å². The van der Waals surface area contributed by atoms with Crippen LogP contribution in [0.1, 0.15) is 53.4 Å². The molecule has 0 aromatic heterocycles. The molecule has 0 aromatic rings. The maximum absolute atomic E-state index is 13.3. The fraction of sp³-hybridized carbons (Fsp3) is 0.950. The lowest BCUT2D eigenvalue weighted by atomic mass is 9.46. The molecule has 3 unspecified atom stereocenters. The van der Waals surface area contributed by atoms with Crippen LogP contribution in [0.2, 0.25) is 0 Å². The van der Waals surface area contributed by atoms with Gasteiger partial charge >= 0.3 is 0 Å². The van der Waals surface area contributed by atoms with E-state index < -0.39 is 5.54 Å². The molecular formula is C20H37N3O2. The van der Waals surface area contributed by atoms with Crippen molar-refractivity contribution in [3.8, 4) is 0 Å². The Labute approximate surface area is 153 Å². The third-order valence-electron chi connectivity index (χ3n) is 7.35. The molecular weight excluding hydrogens is 314 g/mol. The molecule has 2 heterocycles. The molecule has 144 valence electrons. The lowest BCUT2D eigenvalue weighted by Gasteiger charge is -2.66. The van der Waals surface area contributed by atoms with Crippen molar-refractivity contribution in [2.24, 2.45) is 23.0 Å². The zero-order valence-corrected chi connectivity index (χ0v) is 16.6. The van der Waals surface area contributed by atoms with Crippen molar-refractivity contribution in [1.29, 1.82) is 0 Å². The van der Waals surface area contributed by atoms with Crippen molar-refractivity contribution in [3.63, 3.8) is 0 Å². The molecule has 3 atom stereocenters. The average molecular weight is 352 g/mol. The Morgan fingerprint density at radius 1 is 1.20 bits per heavy atom. The first kappa shape index (κ1) is 19.1. The molecule has 5 heteroatoms. The van der Waals surface area contributed by atoms with E-state index in [1.165, 1.54) is 0 Å². The maximum atomic E-state index is 13.3. The number of nitrogens with two attached hydrogens (primary N) is 1. The number of piperidine rings is 1. The second kappa shape index (κ2) is 7.16. The fourth-order valence-corrected chi connectivity index (χ4v) is 5.44. The van der Waals surface area contributed by atoms with Gasteiger partial charge in [-0.2, -0.15) is 0 Å². The van der Waals surface area contributed by atoms with Crippen LogP contribution in [0.4, 0.5) is 0 Å². The molecule has 5 nitrogen and oxygen atoms in total. The molecule has 25 heavy (non-hydrogen) atoms. The Morgan fingerprint density at radius 2 is 1.84 bits per heavy atom. The number of ether oxygens (including phenoxy) is 1. The maximum Gasteiger partial charge on any atom is 0.243 e. The molecule has 2 N–H and O–H groups in total. The third-order valence-corrected chi connectivity index (χ3v) is 7.35. The fourth-order valence-electron chi connectivity index (χ4n) is 5.44. The van der Waals surface area contributed by atoms with Crippen LogP contribution in [0.3, 0.4) is 0 Å². The zero-order chi connectivity index (χ0) is 18.2. The summed E-state index contributed by atoms with van der Waals surface area (Å²) in [5.74, 6) is 1.07. The van der Waals surface area contributed by atoms with Crippen molar-refractivity contribution < 1.29 is 9.53 Å². The van der Waals surface area contributed by atoms with Crippen LogP contribution in [-0.4, -0.2) is 66.7 Å². The summed E-state index contributed by atoms with van der Waals surface area (Å²) in [6.45, 7) is 14.6. The van der Waals surface area contributed by atoms with E-state index in [2.05, 4.69) is 32.6 Å². The number of carbonyl (C=O) groups excluding carboxylic acids is 1. The predicted molar refractivity (Wildman–Crippen MR) is 100 cm³/mol. The molecule has 3 aliphatic rings. The smallest absolute Gasteiger partial charge is 0.243 e. The highest BCUT2D eigenvalue weighted by Crippen LogP contribution is 2.58. The predicted octanol–water partition coefficient (Wildman–Crippen LogP) is 2.10. The first-order valence-corrected chi connectivity index (χ1v) is 10.3. The zero-order valence-electron chi connectivity index (χ0n) is 16.6. The lowest BCUT2D eigenvalue weighted by Crippen LogP contribution is -2.82. The van der Waals surface area contributed by atoms with Gasteiger partial charge in [0.15, 0.2) is 0 Å². The van der Waals surface area contributed by atoms with E-state index in [1.54, 1.807) is 0 Å². The number of nitrogens with zero attached hydrogens (tertiary/aromatic N) is 2. The van der Waals surface area contributed by atoms with Crippen LogP contribution < -0.4 is 5.73 Å². The summed E-state index contributed by atoms with van der Waals surface area (Å²) >= 11 is 0. The summed E-state index contributed by atoms with van der Waals surface area (Å²) in [4.78, 5) is 17.9. The third kappa shape index (κ3) is 3.02. The van der Waals surface area contributed by atoms with Crippen molar-refractivity contribution in [2.75, 3.05) is 39.3 Å². The Morgan fingerprint density at radius 3 is 2.44 bits per heavy atom. The SMILES string of the molecule is CCN(CC)CC1CCN(C(=O)C2(N)C3CCCOC3C2(C)C)CC1. The standard InChI is InChI=1S/C20H37N3O2/c1-5-22(6-2)14-15-9-11-23(12-10-15)18(24)20(21)16-8-7-13-25-17(16)19(20,3)4/h15-17H,5-14,21H2,1-4H3. The Kier molecular flexibility index (Phi) is 5.48. The summed E-state index contributed by atoms with van der Waals surface area (Å²) < 4.78 is 5.95. The molecule has 2 saturated heterocycles. The molecule has 2 aliphatic heterocycles. The Bertz CT molecular complexity index is 483. The van der Waals surface area contributed by atoms with E-state index in [-0.39, 0.29) is 23.3 Å². The van der Waals surface area contributed by atoms with E-state index in [9.17, 15) is 4.79 Å². The first-order chi connectivity index (χ1) is 11.9. The molecule has 0 radical (unpaired) electrons. The van der Waals surface area contributed by atoms with Crippen molar-refractivity contribution in [3.05, 3.63) is 0 Å². The minimum absolute atomic E-state index is 0.149. The summed E-state index contributed by atoms with van der Waals surface area (Å²) in [5, 5.41) is 0. The van der Waals surface area contributed by atoms with Gasteiger partial charge in [0.05, 0.1) is 6.10 Å². The second-order valence-electron chi connectivity index (χ2n) is 8.85. The first-order valence-electron chi connectivity index (χ1n) is 10.3. The normalized spacial score (nSPS) is 35.4. The highest BCUT2D eigenvalue weighted by atomic mass is 16.5. The molecule has 0 bridgehead atoms. The molecule has 0 aromatic carbocycles. The Hall–Kier alpha value is -0.650. The Balaban J connectivity index is 1.61. The average Bonchev–Trinajstić information content (AvgIpc) is 2.65. The highest BCUT2D eigenvalue weighted by molar-refractivity contribution is 5.89. The van der Waals surface area contributed by atoms with Crippen LogP contribution in [0, 0.1) is 17.3 Å². The van der Waals surface area contributed by atoms with E-state index >= 15 is 0 Å². The van der Waals surface area contributed by atoms with Gasteiger partial charge < -0.3 is 20.3 Å². The summed E-state index contributed by atoms with van der Waals surface area (Å²) in [5.41, 5.74) is 5.77. The number of fused-ring (bicyclic) bond motifs is 1. The van der Waals surface area contributed by atoms with Gasteiger partial charge in [-0.1, -0.05) is 27.7 Å².